The Balaban J connectivity index is 1.60. The summed E-state index contributed by atoms with van der Waals surface area (Å²) in [5, 5.41) is 16.1. The molecule has 0 saturated heterocycles. The molecule has 0 saturated carbocycles. The lowest BCUT2D eigenvalue weighted by Gasteiger charge is -2.16. The molecule has 0 aliphatic carbocycles. The van der Waals surface area contributed by atoms with Gasteiger partial charge in [0.05, 0.1) is 26.4 Å². The van der Waals surface area contributed by atoms with Crippen LogP contribution in [-0.4, -0.2) is 52.1 Å². The predicted molar refractivity (Wildman–Crippen MR) is 133 cm³/mol. The van der Waals surface area contributed by atoms with E-state index in [1.54, 1.807) is 16.6 Å². The average Bonchev–Trinajstić information content (AvgIpc) is 3.42. The maximum Gasteiger partial charge on any atom is 0.257 e. The summed E-state index contributed by atoms with van der Waals surface area (Å²) in [6, 6.07) is 10.8. The van der Waals surface area contributed by atoms with Crippen LogP contribution in [0.2, 0.25) is 0 Å². The summed E-state index contributed by atoms with van der Waals surface area (Å²) in [6.45, 7) is 9.41. The van der Waals surface area contributed by atoms with E-state index in [0.717, 1.165) is 11.3 Å². The molecular formula is C24H27N5O5S. The van der Waals surface area contributed by atoms with Gasteiger partial charge in [-0.3, -0.25) is 10.1 Å². The largest absolute Gasteiger partial charge is 0.494 e. The SMILES string of the molecule is CCOc1ccc(-c2nnc3sc(NC(=O)c4cc(OCC)c(OCC)c(OCC)c4)nn23)cc1. The fraction of sp³-hybridized carbons (Fsp3) is 0.333. The van der Waals surface area contributed by atoms with Gasteiger partial charge in [0, 0.05) is 11.1 Å². The molecule has 4 aromatic rings. The minimum Gasteiger partial charge on any atom is -0.494 e. The summed E-state index contributed by atoms with van der Waals surface area (Å²) >= 11 is 1.22. The van der Waals surface area contributed by atoms with Gasteiger partial charge < -0.3 is 18.9 Å². The minimum absolute atomic E-state index is 0.359. The Kier molecular flexibility index (Phi) is 7.66. The Morgan fingerprint density at radius 3 is 2.11 bits per heavy atom. The lowest BCUT2D eigenvalue weighted by Crippen LogP contribution is -2.13. The van der Waals surface area contributed by atoms with Gasteiger partial charge in [-0.2, -0.15) is 4.52 Å². The number of anilines is 1. The van der Waals surface area contributed by atoms with Crippen molar-refractivity contribution in [2.75, 3.05) is 31.7 Å². The van der Waals surface area contributed by atoms with Crippen molar-refractivity contribution in [3.8, 4) is 34.4 Å². The molecule has 0 aliphatic rings. The third-order valence-electron chi connectivity index (χ3n) is 4.81. The number of hydrogen-bond donors (Lipinski definition) is 1. The molecule has 184 valence electrons. The topological polar surface area (TPSA) is 109 Å². The summed E-state index contributed by atoms with van der Waals surface area (Å²) in [5.41, 5.74) is 1.19. The van der Waals surface area contributed by atoms with Crippen LogP contribution in [0.5, 0.6) is 23.0 Å². The normalized spacial score (nSPS) is 10.9. The van der Waals surface area contributed by atoms with Gasteiger partial charge >= 0.3 is 0 Å². The molecule has 0 radical (unpaired) electrons. The van der Waals surface area contributed by atoms with Crippen molar-refractivity contribution in [1.29, 1.82) is 0 Å². The van der Waals surface area contributed by atoms with E-state index < -0.39 is 0 Å². The molecule has 0 aliphatic heterocycles. The van der Waals surface area contributed by atoms with E-state index >= 15 is 0 Å². The van der Waals surface area contributed by atoms with Crippen molar-refractivity contribution in [2.45, 2.75) is 27.7 Å². The zero-order chi connectivity index (χ0) is 24.8. The highest BCUT2D eigenvalue weighted by atomic mass is 32.1. The highest BCUT2D eigenvalue weighted by Crippen LogP contribution is 2.39. The van der Waals surface area contributed by atoms with E-state index in [-0.39, 0.29) is 5.91 Å². The van der Waals surface area contributed by atoms with E-state index in [2.05, 4.69) is 20.6 Å². The summed E-state index contributed by atoms with van der Waals surface area (Å²) in [4.78, 5) is 13.6. The van der Waals surface area contributed by atoms with E-state index in [1.807, 2.05) is 52.0 Å². The standard InChI is InChI=1S/C24H27N5O5S/c1-5-31-17-11-9-15(10-12-17)21-26-27-24-29(21)28-23(35-24)25-22(30)16-13-18(32-6-2)20(34-8-4)19(14-16)33-7-3/h9-14H,5-8H2,1-4H3,(H,25,28,30). The zero-order valence-corrected chi connectivity index (χ0v) is 20.8. The highest BCUT2D eigenvalue weighted by molar-refractivity contribution is 7.20. The maximum absolute atomic E-state index is 13.1. The molecule has 2 heterocycles. The fourth-order valence-electron chi connectivity index (χ4n) is 3.40. The third-order valence-corrected chi connectivity index (χ3v) is 5.62. The number of amides is 1. The zero-order valence-electron chi connectivity index (χ0n) is 20.0. The second-order valence-electron chi connectivity index (χ2n) is 7.14. The van der Waals surface area contributed by atoms with Crippen molar-refractivity contribution in [3.63, 3.8) is 0 Å². The minimum atomic E-state index is -0.359. The quantitative estimate of drug-likeness (QED) is 0.318. The molecule has 1 N–H and O–H groups in total. The summed E-state index contributed by atoms with van der Waals surface area (Å²) in [7, 11) is 0. The number of hydrogen-bond acceptors (Lipinski definition) is 9. The van der Waals surface area contributed by atoms with Crippen molar-refractivity contribution >= 4 is 27.3 Å². The van der Waals surface area contributed by atoms with Crippen LogP contribution in [0.25, 0.3) is 16.3 Å². The summed E-state index contributed by atoms with van der Waals surface area (Å²) in [5.74, 6) is 2.35. The van der Waals surface area contributed by atoms with Gasteiger partial charge in [0.1, 0.15) is 5.75 Å². The molecule has 2 aromatic carbocycles. The number of carbonyl (C=O) groups excluding carboxylic acids is 1. The molecule has 2 aromatic heterocycles. The number of aromatic nitrogens is 4. The number of carbonyl (C=O) groups is 1. The first-order valence-electron chi connectivity index (χ1n) is 11.4. The highest BCUT2D eigenvalue weighted by Gasteiger charge is 2.20. The monoisotopic (exact) mass is 497 g/mol. The summed E-state index contributed by atoms with van der Waals surface area (Å²) in [6.07, 6.45) is 0. The molecule has 0 spiro atoms. The van der Waals surface area contributed by atoms with Gasteiger partial charge in [-0.15, -0.1) is 15.3 Å². The van der Waals surface area contributed by atoms with Crippen LogP contribution in [0.15, 0.2) is 36.4 Å². The van der Waals surface area contributed by atoms with Gasteiger partial charge in [0.25, 0.3) is 5.91 Å². The van der Waals surface area contributed by atoms with Crippen molar-refractivity contribution in [1.82, 2.24) is 19.8 Å². The lowest BCUT2D eigenvalue weighted by molar-refractivity contribution is 0.102. The Morgan fingerprint density at radius 2 is 1.51 bits per heavy atom. The number of nitrogens with zero attached hydrogens (tertiary/aromatic N) is 4. The maximum atomic E-state index is 13.1. The van der Waals surface area contributed by atoms with E-state index in [1.165, 1.54) is 11.3 Å². The third kappa shape index (κ3) is 5.29. The van der Waals surface area contributed by atoms with Crippen LogP contribution >= 0.6 is 11.3 Å². The first-order chi connectivity index (χ1) is 17.1. The molecule has 0 atom stereocenters. The van der Waals surface area contributed by atoms with Crippen molar-refractivity contribution < 1.29 is 23.7 Å². The Morgan fingerprint density at radius 1 is 0.886 bits per heavy atom. The van der Waals surface area contributed by atoms with E-state index in [4.69, 9.17) is 18.9 Å². The molecule has 0 fully saturated rings. The van der Waals surface area contributed by atoms with Crippen LogP contribution < -0.4 is 24.3 Å². The van der Waals surface area contributed by atoms with Crippen LogP contribution in [0.4, 0.5) is 5.13 Å². The van der Waals surface area contributed by atoms with E-state index in [0.29, 0.717) is 65.2 Å². The number of fused-ring (bicyclic) bond motifs is 1. The molecule has 0 bridgehead atoms. The molecule has 4 rings (SSSR count). The average molecular weight is 498 g/mol. The predicted octanol–water partition coefficient (Wildman–Crippen LogP) is 4.70. The second kappa shape index (κ2) is 11.0. The van der Waals surface area contributed by atoms with Crippen LogP contribution in [0.3, 0.4) is 0 Å². The number of nitrogens with one attached hydrogen (secondary N) is 1. The Bertz CT molecular complexity index is 1270. The number of benzene rings is 2. The molecule has 0 unspecified atom stereocenters. The molecule has 10 nitrogen and oxygen atoms in total. The molecule has 11 heteroatoms. The summed E-state index contributed by atoms with van der Waals surface area (Å²) < 4.78 is 24.2. The van der Waals surface area contributed by atoms with Gasteiger partial charge in [-0.25, -0.2) is 0 Å². The van der Waals surface area contributed by atoms with Crippen LogP contribution in [0, 0.1) is 0 Å². The lowest BCUT2D eigenvalue weighted by atomic mass is 10.1. The first-order valence-corrected chi connectivity index (χ1v) is 12.2. The van der Waals surface area contributed by atoms with Crippen molar-refractivity contribution in [3.05, 3.63) is 42.0 Å². The van der Waals surface area contributed by atoms with Crippen LogP contribution in [-0.2, 0) is 0 Å². The first kappa shape index (κ1) is 24.3. The van der Waals surface area contributed by atoms with Gasteiger partial charge in [0.15, 0.2) is 17.3 Å². The number of ether oxygens (including phenoxy) is 4. The van der Waals surface area contributed by atoms with Gasteiger partial charge in [0.2, 0.25) is 15.8 Å². The van der Waals surface area contributed by atoms with Crippen molar-refractivity contribution in [2.24, 2.45) is 0 Å². The van der Waals surface area contributed by atoms with E-state index in [9.17, 15) is 4.79 Å². The van der Waals surface area contributed by atoms with Crippen LogP contribution in [0.1, 0.15) is 38.1 Å². The molecular weight excluding hydrogens is 470 g/mol. The molecule has 35 heavy (non-hydrogen) atoms. The fourth-order valence-corrected chi connectivity index (χ4v) is 4.14. The van der Waals surface area contributed by atoms with Gasteiger partial charge in [-0.1, -0.05) is 11.3 Å². The Labute approximate surface area is 206 Å². The Hall–Kier alpha value is -3.86. The smallest absolute Gasteiger partial charge is 0.257 e. The number of rotatable bonds is 11. The molecule has 1 amide bonds. The van der Waals surface area contributed by atoms with Gasteiger partial charge in [-0.05, 0) is 64.1 Å². The second-order valence-corrected chi connectivity index (χ2v) is 8.09.